The van der Waals surface area contributed by atoms with Gasteiger partial charge in [-0.25, -0.2) is 9.87 Å². The van der Waals surface area contributed by atoms with Crippen LogP contribution in [0.3, 0.4) is 0 Å². The van der Waals surface area contributed by atoms with Gasteiger partial charge < -0.3 is 4.84 Å². The van der Waals surface area contributed by atoms with E-state index in [4.69, 9.17) is 4.84 Å². The lowest BCUT2D eigenvalue weighted by Gasteiger charge is -2.10. The second kappa shape index (κ2) is 4.66. The summed E-state index contributed by atoms with van der Waals surface area (Å²) >= 11 is 0. The second-order valence-corrected chi connectivity index (χ2v) is 3.45. The van der Waals surface area contributed by atoms with E-state index in [2.05, 4.69) is 5.48 Å². The van der Waals surface area contributed by atoms with Gasteiger partial charge in [-0.05, 0) is 30.7 Å². The first-order valence-electron chi connectivity index (χ1n) is 5.00. The third-order valence-corrected chi connectivity index (χ3v) is 2.25. The van der Waals surface area contributed by atoms with Gasteiger partial charge in [-0.3, -0.25) is 0 Å². The van der Waals surface area contributed by atoms with Crippen molar-refractivity contribution < 1.29 is 9.23 Å². The summed E-state index contributed by atoms with van der Waals surface area (Å²) in [6, 6.07) is 13.9. The maximum atomic E-state index is 13.2. The molecule has 0 aliphatic rings. The summed E-state index contributed by atoms with van der Waals surface area (Å²) in [5.74, 6) is -0.200. The van der Waals surface area contributed by atoms with E-state index in [-0.39, 0.29) is 11.6 Å². The van der Waals surface area contributed by atoms with E-state index in [1.165, 1.54) is 6.07 Å². The van der Waals surface area contributed by atoms with Crippen LogP contribution in [-0.2, 0) is 0 Å². The smallest absolute Gasteiger partial charge is 0.190 e. The predicted octanol–water partition coefficient (Wildman–Crippen LogP) is 3.54. The highest BCUT2D eigenvalue weighted by molar-refractivity contribution is 5.49. The maximum Gasteiger partial charge on any atom is 0.190 e. The molecule has 0 aromatic heterocycles. The van der Waals surface area contributed by atoms with Crippen LogP contribution in [0.1, 0.15) is 5.56 Å². The molecular formula is C13H12FNO. The molecule has 0 saturated carbocycles. The Kier molecular flexibility index (Phi) is 3.05. The lowest BCUT2D eigenvalue weighted by molar-refractivity contribution is 0.378. The Morgan fingerprint density at radius 2 is 1.69 bits per heavy atom. The number of hydrogen-bond acceptors (Lipinski definition) is 2. The number of rotatable bonds is 3. The molecule has 2 nitrogen and oxygen atoms in total. The van der Waals surface area contributed by atoms with Crippen molar-refractivity contribution in [2.24, 2.45) is 0 Å². The van der Waals surface area contributed by atoms with Crippen molar-refractivity contribution in [2.45, 2.75) is 6.92 Å². The average molecular weight is 217 g/mol. The fourth-order valence-corrected chi connectivity index (χ4v) is 1.32. The molecule has 0 saturated heterocycles. The number of halogens is 1. The summed E-state index contributed by atoms with van der Waals surface area (Å²) in [5.41, 5.74) is 4.60. The first-order chi connectivity index (χ1) is 7.77. The molecule has 0 unspecified atom stereocenters. The van der Waals surface area contributed by atoms with E-state index >= 15 is 0 Å². The molecule has 16 heavy (non-hydrogen) atoms. The van der Waals surface area contributed by atoms with Crippen LogP contribution >= 0.6 is 0 Å². The minimum absolute atomic E-state index is 0.186. The molecule has 0 aliphatic carbocycles. The molecular weight excluding hydrogens is 205 g/mol. The first-order valence-corrected chi connectivity index (χ1v) is 5.00. The zero-order chi connectivity index (χ0) is 11.4. The van der Waals surface area contributed by atoms with Crippen molar-refractivity contribution in [2.75, 3.05) is 5.48 Å². The topological polar surface area (TPSA) is 21.3 Å². The molecule has 2 aromatic carbocycles. The summed E-state index contributed by atoms with van der Waals surface area (Å²) in [6.07, 6.45) is 0. The van der Waals surface area contributed by atoms with Crippen molar-refractivity contribution in [1.82, 2.24) is 0 Å². The zero-order valence-corrected chi connectivity index (χ0v) is 8.91. The number of para-hydroxylation sites is 2. The van der Waals surface area contributed by atoms with Gasteiger partial charge in [0.15, 0.2) is 11.6 Å². The van der Waals surface area contributed by atoms with Crippen molar-refractivity contribution in [1.29, 1.82) is 0 Å². The van der Waals surface area contributed by atoms with Crippen LogP contribution in [0.4, 0.5) is 10.1 Å². The number of nitrogens with one attached hydrogen (secondary N) is 1. The van der Waals surface area contributed by atoms with Crippen LogP contribution in [-0.4, -0.2) is 0 Å². The first kappa shape index (κ1) is 10.5. The van der Waals surface area contributed by atoms with Gasteiger partial charge in [0, 0.05) is 0 Å². The van der Waals surface area contributed by atoms with Crippen LogP contribution in [0.5, 0.6) is 5.75 Å². The van der Waals surface area contributed by atoms with E-state index < -0.39 is 0 Å². The number of aryl methyl sites for hydroxylation is 1. The third kappa shape index (κ3) is 2.31. The fourth-order valence-electron chi connectivity index (χ4n) is 1.32. The molecule has 0 heterocycles. The van der Waals surface area contributed by atoms with E-state index in [0.717, 1.165) is 11.3 Å². The third-order valence-electron chi connectivity index (χ3n) is 2.25. The predicted molar refractivity (Wildman–Crippen MR) is 61.8 cm³/mol. The molecule has 0 bridgehead atoms. The number of hydrogen-bond donors (Lipinski definition) is 1. The molecule has 0 fully saturated rings. The lowest BCUT2D eigenvalue weighted by atomic mass is 10.2. The Morgan fingerprint density at radius 3 is 2.44 bits per heavy atom. The van der Waals surface area contributed by atoms with Crippen molar-refractivity contribution in [3.05, 3.63) is 59.9 Å². The molecule has 82 valence electrons. The van der Waals surface area contributed by atoms with Crippen molar-refractivity contribution in [3.8, 4) is 5.75 Å². The van der Waals surface area contributed by atoms with E-state index in [9.17, 15) is 4.39 Å². The molecule has 0 amide bonds. The van der Waals surface area contributed by atoms with Crippen LogP contribution in [0.2, 0.25) is 0 Å². The summed E-state index contributed by atoms with van der Waals surface area (Å²) in [4.78, 5) is 5.18. The molecule has 0 radical (unpaired) electrons. The van der Waals surface area contributed by atoms with Crippen LogP contribution < -0.4 is 10.3 Å². The van der Waals surface area contributed by atoms with Gasteiger partial charge in [0.05, 0.1) is 5.69 Å². The summed E-state index contributed by atoms with van der Waals surface area (Å²) < 4.78 is 13.2. The van der Waals surface area contributed by atoms with Crippen molar-refractivity contribution in [3.63, 3.8) is 0 Å². The number of anilines is 1. The van der Waals surface area contributed by atoms with E-state index in [0.29, 0.717) is 0 Å². The Morgan fingerprint density at radius 1 is 1.00 bits per heavy atom. The highest BCUT2D eigenvalue weighted by Crippen LogP contribution is 2.18. The highest BCUT2D eigenvalue weighted by atomic mass is 19.1. The van der Waals surface area contributed by atoms with Crippen molar-refractivity contribution >= 4 is 5.69 Å². The average Bonchev–Trinajstić information content (AvgIpc) is 2.30. The Hall–Kier alpha value is -2.03. The molecule has 3 heteroatoms. The largest absolute Gasteiger partial charge is 0.379 e. The van der Waals surface area contributed by atoms with Gasteiger partial charge in [-0.2, -0.15) is 0 Å². The van der Waals surface area contributed by atoms with E-state index in [1.54, 1.807) is 18.2 Å². The standard InChI is InChI=1S/C13H12FNO/c1-10-6-2-4-8-12(10)15-16-13-9-5-3-7-11(13)14/h2-9,15H,1H3. The Balaban J connectivity index is 2.09. The lowest BCUT2D eigenvalue weighted by Crippen LogP contribution is -2.06. The maximum absolute atomic E-state index is 13.2. The molecule has 1 N–H and O–H groups in total. The SMILES string of the molecule is Cc1ccccc1NOc1ccccc1F. The van der Waals surface area contributed by atoms with Crippen LogP contribution in [0.25, 0.3) is 0 Å². The minimum Gasteiger partial charge on any atom is -0.379 e. The second-order valence-electron chi connectivity index (χ2n) is 3.45. The Bertz CT molecular complexity index is 439. The van der Waals surface area contributed by atoms with Gasteiger partial charge in [-0.1, -0.05) is 30.3 Å². The number of benzene rings is 2. The molecule has 2 aromatic rings. The molecule has 0 spiro atoms. The van der Waals surface area contributed by atoms with Crippen LogP contribution in [0, 0.1) is 12.7 Å². The normalized spacial score (nSPS) is 9.88. The van der Waals surface area contributed by atoms with Gasteiger partial charge in [0.2, 0.25) is 0 Å². The molecule has 0 aliphatic heterocycles. The van der Waals surface area contributed by atoms with Gasteiger partial charge >= 0.3 is 0 Å². The van der Waals surface area contributed by atoms with Gasteiger partial charge in [-0.15, -0.1) is 0 Å². The van der Waals surface area contributed by atoms with Gasteiger partial charge in [0.1, 0.15) is 0 Å². The zero-order valence-electron chi connectivity index (χ0n) is 8.91. The molecule has 0 atom stereocenters. The Labute approximate surface area is 93.6 Å². The quantitative estimate of drug-likeness (QED) is 0.794. The van der Waals surface area contributed by atoms with E-state index in [1.807, 2.05) is 31.2 Å². The summed E-state index contributed by atoms with van der Waals surface area (Å²) in [5, 5.41) is 0. The van der Waals surface area contributed by atoms with Gasteiger partial charge in [0.25, 0.3) is 0 Å². The highest BCUT2D eigenvalue weighted by Gasteiger charge is 2.02. The summed E-state index contributed by atoms with van der Waals surface area (Å²) in [7, 11) is 0. The molecule has 2 rings (SSSR count). The minimum atomic E-state index is -0.386. The van der Waals surface area contributed by atoms with Crippen LogP contribution in [0.15, 0.2) is 48.5 Å². The fraction of sp³-hybridized carbons (Fsp3) is 0.0769. The summed E-state index contributed by atoms with van der Waals surface area (Å²) in [6.45, 7) is 1.95. The monoisotopic (exact) mass is 217 g/mol.